The second-order valence-corrected chi connectivity index (χ2v) is 4.98. The fourth-order valence-corrected chi connectivity index (χ4v) is 2.53. The quantitative estimate of drug-likeness (QED) is 0.681. The summed E-state index contributed by atoms with van der Waals surface area (Å²) in [5.41, 5.74) is 2.10. The van der Waals surface area contributed by atoms with Crippen molar-refractivity contribution in [2.75, 3.05) is 7.11 Å². The van der Waals surface area contributed by atoms with E-state index in [0.717, 1.165) is 22.3 Å². The maximum atomic E-state index is 5.14. The largest absolute Gasteiger partial charge is 0.497 e. The van der Waals surface area contributed by atoms with Crippen molar-refractivity contribution in [2.24, 2.45) is 0 Å². The van der Waals surface area contributed by atoms with Gasteiger partial charge in [-0.1, -0.05) is 43.8 Å². The number of methoxy groups -OCH3 is 1. The van der Waals surface area contributed by atoms with Crippen molar-refractivity contribution >= 4 is 17.4 Å². The van der Waals surface area contributed by atoms with Crippen LogP contribution >= 0.6 is 11.8 Å². The highest BCUT2D eigenvalue weighted by Crippen LogP contribution is 2.21. The lowest BCUT2D eigenvalue weighted by Gasteiger charge is -2.01. The van der Waals surface area contributed by atoms with E-state index in [-0.39, 0.29) is 0 Å². The Morgan fingerprint density at radius 1 is 1.10 bits per heavy atom. The van der Waals surface area contributed by atoms with E-state index < -0.39 is 0 Å². The van der Waals surface area contributed by atoms with Gasteiger partial charge in [0.15, 0.2) is 5.65 Å². The van der Waals surface area contributed by atoms with Gasteiger partial charge < -0.3 is 4.74 Å². The third-order valence-electron chi connectivity index (χ3n) is 2.75. The number of pyridine rings is 1. The van der Waals surface area contributed by atoms with Crippen molar-refractivity contribution in [1.82, 2.24) is 14.6 Å². The molecular weight excluding hydrogens is 282 g/mol. The molecule has 0 fully saturated rings. The molecule has 21 heavy (non-hydrogen) atoms. The van der Waals surface area contributed by atoms with Crippen molar-refractivity contribution in [1.29, 1.82) is 0 Å². The van der Waals surface area contributed by atoms with Crippen LogP contribution in [0, 0.1) is 0 Å². The SMILES string of the molecule is CC.COc1ccc(CSc2nc3ccccn3n2)cc1. The lowest BCUT2D eigenvalue weighted by molar-refractivity contribution is 0.414. The molecule has 0 saturated carbocycles. The smallest absolute Gasteiger partial charge is 0.209 e. The fraction of sp³-hybridized carbons (Fsp3) is 0.250. The number of fused-ring (bicyclic) bond motifs is 1. The van der Waals surface area contributed by atoms with Crippen LogP contribution in [0.2, 0.25) is 0 Å². The molecule has 0 spiro atoms. The normalized spacial score (nSPS) is 10.0. The Morgan fingerprint density at radius 3 is 2.52 bits per heavy atom. The first-order chi connectivity index (χ1) is 10.3. The topological polar surface area (TPSA) is 39.4 Å². The van der Waals surface area contributed by atoms with Gasteiger partial charge in [0.05, 0.1) is 7.11 Å². The first-order valence-electron chi connectivity index (χ1n) is 6.92. The van der Waals surface area contributed by atoms with Gasteiger partial charge in [-0.15, -0.1) is 5.10 Å². The minimum atomic E-state index is 0.794. The van der Waals surface area contributed by atoms with Crippen LogP contribution in [0.1, 0.15) is 19.4 Å². The Bertz CT molecular complexity index is 646. The van der Waals surface area contributed by atoms with Gasteiger partial charge in [-0.25, -0.2) is 9.50 Å². The van der Waals surface area contributed by atoms with Gasteiger partial charge in [0, 0.05) is 11.9 Å². The molecule has 0 radical (unpaired) electrons. The molecule has 0 aliphatic rings. The summed E-state index contributed by atoms with van der Waals surface area (Å²) in [5.74, 6) is 1.72. The molecule has 0 unspecified atom stereocenters. The van der Waals surface area contributed by atoms with E-state index >= 15 is 0 Å². The number of aromatic nitrogens is 3. The molecule has 3 rings (SSSR count). The van der Waals surface area contributed by atoms with Crippen LogP contribution < -0.4 is 4.74 Å². The van der Waals surface area contributed by atoms with Crippen molar-refractivity contribution in [3.05, 3.63) is 54.2 Å². The minimum absolute atomic E-state index is 0.794. The second kappa shape index (κ2) is 7.69. The zero-order chi connectivity index (χ0) is 15.1. The Kier molecular flexibility index (Phi) is 5.63. The van der Waals surface area contributed by atoms with Crippen LogP contribution in [-0.4, -0.2) is 21.7 Å². The van der Waals surface area contributed by atoms with Crippen molar-refractivity contribution < 1.29 is 4.74 Å². The van der Waals surface area contributed by atoms with Crippen molar-refractivity contribution in [3.63, 3.8) is 0 Å². The molecule has 0 aliphatic heterocycles. The molecule has 110 valence electrons. The van der Waals surface area contributed by atoms with Crippen LogP contribution in [-0.2, 0) is 5.75 Å². The summed E-state index contributed by atoms with van der Waals surface area (Å²) in [6, 6.07) is 13.9. The Hall–Kier alpha value is -2.01. The maximum Gasteiger partial charge on any atom is 0.209 e. The van der Waals surface area contributed by atoms with E-state index in [1.165, 1.54) is 5.56 Å². The van der Waals surface area contributed by atoms with Gasteiger partial charge in [-0.05, 0) is 29.8 Å². The summed E-state index contributed by atoms with van der Waals surface area (Å²) in [4.78, 5) is 4.45. The van der Waals surface area contributed by atoms with Crippen molar-refractivity contribution in [2.45, 2.75) is 24.8 Å². The predicted molar refractivity (Wildman–Crippen MR) is 86.9 cm³/mol. The fourth-order valence-electron chi connectivity index (χ4n) is 1.74. The van der Waals surface area contributed by atoms with Gasteiger partial charge in [-0.2, -0.15) is 0 Å². The molecule has 5 heteroatoms. The molecule has 4 nitrogen and oxygen atoms in total. The zero-order valence-corrected chi connectivity index (χ0v) is 13.3. The second-order valence-electron chi connectivity index (χ2n) is 4.03. The lowest BCUT2D eigenvalue weighted by atomic mass is 10.2. The molecule has 0 aliphatic carbocycles. The summed E-state index contributed by atoms with van der Waals surface area (Å²) in [7, 11) is 1.67. The van der Waals surface area contributed by atoms with Gasteiger partial charge in [0.1, 0.15) is 5.75 Å². The average molecular weight is 301 g/mol. The molecular formula is C16H19N3OS. The number of thioether (sulfide) groups is 1. The Labute approximate surface area is 129 Å². The third kappa shape index (κ3) is 3.98. The Morgan fingerprint density at radius 2 is 1.86 bits per heavy atom. The third-order valence-corrected chi connectivity index (χ3v) is 3.66. The number of rotatable bonds is 4. The van der Waals surface area contributed by atoms with E-state index in [4.69, 9.17) is 4.74 Å². The lowest BCUT2D eigenvalue weighted by Crippen LogP contribution is -1.86. The van der Waals surface area contributed by atoms with Gasteiger partial charge in [0.2, 0.25) is 5.16 Å². The summed E-state index contributed by atoms with van der Waals surface area (Å²) >= 11 is 1.63. The first kappa shape index (κ1) is 15.4. The molecule has 2 aromatic heterocycles. The van der Waals surface area contributed by atoms with Gasteiger partial charge >= 0.3 is 0 Å². The highest BCUT2D eigenvalue weighted by atomic mass is 32.2. The van der Waals surface area contributed by atoms with Crippen molar-refractivity contribution in [3.8, 4) is 5.75 Å². The molecule has 0 saturated heterocycles. The number of hydrogen-bond acceptors (Lipinski definition) is 4. The van der Waals surface area contributed by atoms with E-state index in [9.17, 15) is 0 Å². The summed E-state index contributed by atoms with van der Waals surface area (Å²) in [5, 5.41) is 5.20. The highest BCUT2D eigenvalue weighted by Gasteiger charge is 2.04. The number of benzene rings is 1. The highest BCUT2D eigenvalue weighted by molar-refractivity contribution is 7.98. The number of hydrogen-bond donors (Lipinski definition) is 0. The van der Waals surface area contributed by atoms with Crippen LogP contribution in [0.25, 0.3) is 5.65 Å². The number of nitrogens with zero attached hydrogens (tertiary/aromatic N) is 3. The molecule has 0 bridgehead atoms. The maximum absolute atomic E-state index is 5.14. The minimum Gasteiger partial charge on any atom is -0.497 e. The molecule has 0 N–H and O–H groups in total. The monoisotopic (exact) mass is 301 g/mol. The van der Waals surface area contributed by atoms with E-state index in [1.54, 1.807) is 23.4 Å². The van der Waals surface area contributed by atoms with Crippen LogP contribution in [0.4, 0.5) is 0 Å². The van der Waals surface area contributed by atoms with E-state index in [1.807, 2.05) is 50.4 Å². The number of ether oxygens (including phenoxy) is 1. The van der Waals surface area contributed by atoms with Crippen LogP contribution in [0.5, 0.6) is 5.75 Å². The van der Waals surface area contributed by atoms with Gasteiger partial charge in [0.25, 0.3) is 0 Å². The zero-order valence-electron chi connectivity index (χ0n) is 12.5. The van der Waals surface area contributed by atoms with Crippen LogP contribution in [0.3, 0.4) is 0 Å². The molecule has 0 atom stereocenters. The summed E-state index contributed by atoms with van der Waals surface area (Å²) < 4.78 is 6.93. The molecule has 2 heterocycles. The molecule has 1 aromatic carbocycles. The molecule has 0 amide bonds. The average Bonchev–Trinajstić information content (AvgIpc) is 2.98. The van der Waals surface area contributed by atoms with Gasteiger partial charge in [-0.3, -0.25) is 0 Å². The van der Waals surface area contributed by atoms with E-state index in [2.05, 4.69) is 22.2 Å². The first-order valence-corrected chi connectivity index (χ1v) is 7.91. The van der Waals surface area contributed by atoms with E-state index in [0.29, 0.717) is 0 Å². The predicted octanol–water partition coefficient (Wildman–Crippen LogP) is 4.06. The summed E-state index contributed by atoms with van der Waals surface area (Å²) in [6.45, 7) is 4.00. The Balaban J connectivity index is 0.000000774. The standard InChI is InChI=1S/C14H13N3OS.C2H6/c1-18-12-7-5-11(6-8-12)10-19-14-15-13-4-2-3-9-17(13)16-14;1-2/h2-9H,10H2,1H3;1-2H3. The molecule has 3 aromatic rings. The summed E-state index contributed by atoms with van der Waals surface area (Å²) in [6.07, 6.45) is 1.90. The van der Waals surface area contributed by atoms with Crippen LogP contribution in [0.15, 0.2) is 53.8 Å².